The molecule has 0 radical (unpaired) electrons. The summed E-state index contributed by atoms with van der Waals surface area (Å²) in [4.78, 5) is 42.2. The predicted octanol–water partition coefficient (Wildman–Crippen LogP) is 3.35. The van der Waals surface area contributed by atoms with Gasteiger partial charge in [0, 0.05) is 57.4 Å². The van der Waals surface area contributed by atoms with Gasteiger partial charge in [-0.1, -0.05) is 6.92 Å². The predicted molar refractivity (Wildman–Crippen MR) is 135 cm³/mol. The highest BCUT2D eigenvalue weighted by atomic mass is 16.5. The number of ether oxygens (including phenoxy) is 2. The summed E-state index contributed by atoms with van der Waals surface area (Å²) < 4.78 is 11.9. The van der Waals surface area contributed by atoms with E-state index in [0.717, 1.165) is 12.8 Å². The van der Waals surface area contributed by atoms with E-state index in [1.165, 1.54) is 0 Å². The van der Waals surface area contributed by atoms with Crippen molar-refractivity contribution in [2.45, 2.75) is 65.1 Å². The van der Waals surface area contributed by atoms with Gasteiger partial charge in [0.25, 0.3) is 5.91 Å². The van der Waals surface area contributed by atoms with E-state index >= 15 is 0 Å². The van der Waals surface area contributed by atoms with Crippen LogP contribution >= 0.6 is 0 Å². The van der Waals surface area contributed by atoms with E-state index in [2.05, 4.69) is 17.6 Å². The van der Waals surface area contributed by atoms with Gasteiger partial charge in [-0.25, -0.2) is 4.79 Å². The van der Waals surface area contributed by atoms with Gasteiger partial charge in [0.2, 0.25) is 5.91 Å². The highest BCUT2D eigenvalue weighted by Crippen LogP contribution is 2.33. The normalized spacial score (nSPS) is 23.6. The zero-order valence-corrected chi connectivity index (χ0v) is 21.8. The lowest BCUT2D eigenvalue weighted by Crippen LogP contribution is -2.48. The van der Waals surface area contributed by atoms with Gasteiger partial charge in [-0.3, -0.25) is 9.59 Å². The first-order valence-electron chi connectivity index (χ1n) is 12.5. The summed E-state index contributed by atoms with van der Waals surface area (Å²) in [5.41, 5.74) is 0.913. The van der Waals surface area contributed by atoms with Crippen LogP contribution in [0.5, 0.6) is 5.75 Å². The molecule has 1 saturated carbocycles. The molecule has 0 saturated heterocycles. The van der Waals surface area contributed by atoms with Crippen molar-refractivity contribution in [1.82, 2.24) is 15.1 Å². The Morgan fingerprint density at radius 2 is 1.91 bits per heavy atom. The first-order chi connectivity index (χ1) is 16.6. The Kier molecular flexibility index (Phi) is 8.99. The zero-order chi connectivity index (χ0) is 25.7. The second kappa shape index (κ2) is 11.7. The van der Waals surface area contributed by atoms with Crippen molar-refractivity contribution in [2.24, 2.45) is 11.8 Å². The van der Waals surface area contributed by atoms with E-state index in [-0.39, 0.29) is 48.6 Å². The quantitative estimate of drug-likeness (QED) is 0.662. The molecule has 3 atom stereocenters. The number of benzene rings is 1. The third-order valence-electron chi connectivity index (χ3n) is 6.60. The molecule has 0 aromatic heterocycles. The van der Waals surface area contributed by atoms with Crippen LogP contribution in [0.25, 0.3) is 0 Å². The molecule has 194 valence electrons. The Hall–Kier alpha value is -2.81. The van der Waals surface area contributed by atoms with Crippen molar-refractivity contribution in [3.63, 3.8) is 0 Å². The van der Waals surface area contributed by atoms with E-state index in [4.69, 9.17) is 9.47 Å². The van der Waals surface area contributed by atoms with Gasteiger partial charge in [-0.05, 0) is 51.7 Å². The SMILES string of the molecule is CO[C@H]1CN(C)C(=O)c2ccc(NC(=O)NC(C)C)cc2OC[C@@H](C)N(C(=O)CC2CC2)C[C@@H]1C. The molecule has 0 bridgehead atoms. The van der Waals surface area contributed by atoms with Gasteiger partial charge in [0.15, 0.2) is 0 Å². The fourth-order valence-electron chi connectivity index (χ4n) is 4.31. The van der Waals surface area contributed by atoms with Gasteiger partial charge in [-0.15, -0.1) is 0 Å². The van der Waals surface area contributed by atoms with Crippen LogP contribution in [0.15, 0.2) is 18.2 Å². The molecule has 1 aliphatic heterocycles. The second-order valence-electron chi connectivity index (χ2n) is 10.3. The summed E-state index contributed by atoms with van der Waals surface area (Å²) in [6, 6.07) is 4.47. The number of carbonyl (C=O) groups excluding carboxylic acids is 3. The summed E-state index contributed by atoms with van der Waals surface area (Å²) in [5, 5.41) is 5.57. The first-order valence-corrected chi connectivity index (χ1v) is 12.5. The van der Waals surface area contributed by atoms with Gasteiger partial charge >= 0.3 is 6.03 Å². The maximum atomic E-state index is 13.3. The zero-order valence-electron chi connectivity index (χ0n) is 21.8. The Balaban J connectivity index is 1.90. The number of nitrogens with zero attached hydrogens (tertiary/aromatic N) is 2. The minimum absolute atomic E-state index is 0.0121. The maximum Gasteiger partial charge on any atom is 0.319 e. The van der Waals surface area contributed by atoms with Crippen molar-refractivity contribution in [2.75, 3.05) is 39.2 Å². The summed E-state index contributed by atoms with van der Waals surface area (Å²) in [5.74, 6) is 0.828. The van der Waals surface area contributed by atoms with Crippen LogP contribution in [0, 0.1) is 11.8 Å². The van der Waals surface area contributed by atoms with Gasteiger partial charge < -0.3 is 29.9 Å². The van der Waals surface area contributed by atoms with E-state index in [0.29, 0.717) is 42.4 Å². The molecule has 9 heteroatoms. The molecule has 2 aliphatic rings. The highest BCUT2D eigenvalue weighted by Gasteiger charge is 2.33. The van der Waals surface area contributed by atoms with E-state index in [1.54, 1.807) is 37.3 Å². The fraction of sp³-hybridized carbons (Fsp3) is 0.654. The molecular weight excluding hydrogens is 448 g/mol. The Labute approximate surface area is 208 Å². The topological polar surface area (TPSA) is 100 Å². The number of anilines is 1. The molecule has 0 spiro atoms. The fourth-order valence-corrected chi connectivity index (χ4v) is 4.31. The number of hydrogen-bond donors (Lipinski definition) is 2. The van der Waals surface area contributed by atoms with Gasteiger partial charge in [0.1, 0.15) is 12.4 Å². The average molecular weight is 489 g/mol. The average Bonchev–Trinajstić information content (AvgIpc) is 3.61. The smallest absolute Gasteiger partial charge is 0.319 e. The van der Waals surface area contributed by atoms with Crippen molar-refractivity contribution >= 4 is 23.5 Å². The van der Waals surface area contributed by atoms with Crippen LogP contribution in [-0.2, 0) is 9.53 Å². The lowest BCUT2D eigenvalue weighted by molar-refractivity contribution is -0.135. The largest absolute Gasteiger partial charge is 0.491 e. The monoisotopic (exact) mass is 488 g/mol. The Bertz CT molecular complexity index is 917. The van der Waals surface area contributed by atoms with Gasteiger partial charge in [0.05, 0.1) is 17.7 Å². The number of amides is 4. The highest BCUT2D eigenvalue weighted by molar-refractivity contribution is 5.98. The number of likely N-dealkylation sites (N-methyl/N-ethyl adjacent to an activating group) is 1. The molecular formula is C26H40N4O5. The maximum absolute atomic E-state index is 13.3. The molecule has 35 heavy (non-hydrogen) atoms. The van der Waals surface area contributed by atoms with E-state index in [1.807, 2.05) is 25.7 Å². The van der Waals surface area contributed by atoms with E-state index in [9.17, 15) is 14.4 Å². The Morgan fingerprint density at radius 3 is 2.54 bits per heavy atom. The molecule has 4 amide bonds. The lowest BCUT2D eigenvalue weighted by Gasteiger charge is -2.36. The van der Waals surface area contributed by atoms with Crippen molar-refractivity contribution in [1.29, 1.82) is 0 Å². The van der Waals surface area contributed by atoms with Crippen LogP contribution in [0.1, 0.15) is 57.3 Å². The third kappa shape index (κ3) is 7.34. The molecule has 1 aromatic carbocycles. The molecule has 0 unspecified atom stereocenters. The molecule has 1 fully saturated rings. The van der Waals surface area contributed by atoms with Crippen molar-refractivity contribution < 1.29 is 23.9 Å². The van der Waals surface area contributed by atoms with Crippen LogP contribution in [-0.4, -0.2) is 79.7 Å². The minimum atomic E-state index is -0.335. The standard InChI is InChI=1S/C26H40N4O5/c1-16(2)27-26(33)28-20-9-10-21-22(12-20)35-15-18(4)30(24(31)11-19-7-8-19)13-17(3)23(34-6)14-29(5)25(21)32/h9-10,12,16-19,23H,7-8,11,13-15H2,1-6H3,(H2,27,28,33)/t17-,18+,23-/m0/s1. The molecule has 2 N–H and O–H groups in total. The van der Waals surface area contributed by atoms with Crippen LogP contribution in [0.2, 0.25) is 0 Å². The van der Waals surface area contributed by atoms with Gasteiger partial charge in [-0.2, -0.15) is 0 Å². The third-order valence-corrected chi connectivity index (χ3v) is 6.60. The number of fused-ring (bicyclic) bond motifs is 1. The number of carbonyl (C=O) groups is 3. The number of nitrogens with one attached hydrogen (secondary N) is 2. The molecule has 9 nitrogen and oxygen atoms in total. The van der Waals surface area contributed by atoms with Crippen molar-refractivity contribution in [3.8, 4) is 5.75 Å². The molecule has 1 aromatic rings. The van der Waals surface area contributed by atoms with Crippen molar-refractivity contribution in [3.05, 3.63) is 23.8 Å². The van der Waals surface area contributed by atoms with Crippen LogP contribution in [0.3, 0.4) is 0 Å². The molecule has 1 aliphatic carbocycles. The summed E-state index contributed by atoms with van der Waals surface area (Å²) in [6.07, 6.45) is 2.56. The van der Waals surface area contributed by atoms with E-state index < -0.39 is 0 Å². The molecule has 1 heterocycles. The summed E-state index contributed by atoms with van der Waals surface area (Å²) >= 11 is 0. The Morgan fingerprint density at radius 1 is 1.20 bits per heavy atom. The number of rotatable bonds is 5. The summed E-state index contributed by atoms with van der Waals surface area (Å²) in [7, 11) is 3.37. The number of urea groups is 1. The number of methoxy groups -OCH3 is 1. The minimum Gasteiger partial charge on any atom is -0.491 e. The lowest BCUT2D eigenvalue weighted by atomic mass is 10.0. The van der Waals surface area contributed by atoms with Crippen LogP contribution in [0.4, 0.5) is 10.5 Å². The van der Waals surface area contributed by atoms with Crippen LogP contribution < -0.4 is 15.4 Å². The second-order valence-corrected chi connectivity index (χ2v) is 10.3. The number of hydrogen-bond acceptors (Lipinski definition) is 5. The molecule has 3 rings (SSSR count). The first kappa shape index (κ1) is 26.8. The summed E-state index contributed by atoms with van der Waals surface area (Å²) in [6.45, 7) is 8.91.